The Kier molecular flexibility index (Phi) is 3.87. The van der Waals surface area contributed by atoms with Gasteiger partial charge in [-0.1, -0.05) is 29.8 Å². The molecule has 0 amide bonds. The summed E-state index contributed by atoms with van der Waals surface area (Å²) in [5.41, 5.74) is 2.56. The molecule has 0 unspecified atom stereocenters. The molecule has 2 nitrogen and oxygen atoms in total. The summed E-state index contributed by atoms with van der Waals surface area (Å²) >= 11 is 5.72. The molecule has 0 radical (unpaired) electrons. The van der Waals surface area contributed by atoms with Crippen molar-refractivity contribution in [1.29, 1.82) is 0 Å². The van der Waals surface area contributed by atoms with Crippen molar-refractivity contribution in [3.8, 4) is 0 Å². The van der Waals surface area contributed by atoms with Crippen LogP contribution in [0.4, 0.5) is 0 Å². The van der Waals surface area contributed by atoms with Gasteiger partial charge in [0.25, 0.3) is 0 Å². The van der Waals surface area contributed by atoms with Gasteiger partial charge in [-0.25, -0.2) is 0 Å². The molecule has 2 rings (SSSR count). The first-order valence-corrected chi connectivity index (χ1v) is 6.07. The Morgan fingerprint density at radius 1 is 1.29 bits per heavy atom. The molecular formula is C14H16ClNO. The lowest BCUT2D eigenvalue weighted by Crippen LogP contribution is -2.17. The Labute approximate surface area is 107 Å². The van der Waals surface area contributed by atoms with Crippen LogP contribution in [0, 0.1) is 6.92 Å². The molecule has 0 spiro atoms. The molecule has 0 aliphatic carbocycles. The van der Waals surface area contributed by atoms with Crippen LogP contribution in [0.15, 0.2) is 40.8 Å². The van der Waals surface area contributed by atoms with Crippen molar-refractivity contribution in [3.05, 3.63) is 58.5 Å². The SMILES string of the molecule is Cc1cccc([C@H](C)NCc2ccc(Cl)o2)c1. The normalized spacial score (nSPS) is 12.6. The monoisotopic (exact) mass is 249 g/mol. The first kappa shape index (κ1) is 12.2. The van der Waals surface area contributed by atoms with Crippen molar-refractivity contribution in [2.75, 3.05) is 0 Å². The Morgan fingerprint density at radius 3 is 2.76 bits per heavy atom. The highest BCUT2D eigenvalue weighted by Crippen LogP contribution is 2.16. The third-order valence-electron chi connectivity index (χ3n) is 2.75. The van der Waals surface area contributed by atoms with Gasteiger partial charge in [-0.05, 0) is 43.1 Å². The summed E-state index contributed by atoms with van der Waals surface area (Å²) in [6.07, 6.45) is 0. The van der Waals surface area contributed by atoms with Gasteiger partial charge in [-0.3, -0.25) is 0 Å². The van der Waals surface area contributed by atoms with E-state index < -0.39 is 0 Å². The van der Waals surface area contributed by atoms with Crippen molar-refractivity contribution in [1.82, 2.24) is 5.32 Å². The third kappa shape index (κ3) is 3.35. The maximum atomic E-state index is 5.72. The minimum atomic E-state index is 0.291. The van der Waals surface area contributed by atoms with Crippen molar-refractivity contribution in [2.45, 2.75) is 26.4 Å². The maximum Gasteiger partial charge on any atom is 0.193 e. The van der Waals surface area contributed by atoms with Crippen LogP contribution in [-0.2, 0) is 6.54 Å². The molecule has 1 aromatic carbocycles. The van der Waals surface area contributed by atoms with Crippen LogP contribution in [0.2, 0.25) is 5.22 Å². The van der Waals surface area contributed by atoms with Crippen LogP contribution in [0.3, 0.4) is 0 Å². The number of aryl methyl sites for hydroxylation is 1. The molecule has 0 saturated heterocycles. The first-order chi connectivity index (χ1) is 8.15. The summed E-state index contributed by atoms with van der Waals surface area (Å²) < 4.78 is 5.30. The summed E-state index contributed by atoms with van der Waals surface area (Å²) in [6.45, 7) is 4.92. The highest BCUT2D eigenvalue weighted by atomic mass is 35.5. The van der Waals surface area contributed by atoms with E-state index in [0.29, 0.717) is 17.8 Å². The standard InChI is InChI=1S/C14H16ClNO/c1-10-4-3-5-12(8-10)11(2)16-9-13-6-7-14(15)17-13/h3-8,11,16H,9H2,1-2H3/t11-/m0/s1. The molecule has 1 atom stereocenters. The van der Waals surface area contributed by atoms with E-state index in [1.807, 2.05) is 6.07 Å². The molecule has 17 heavy (non-hydrogen) atoms. The molecular weight excluding hydrogens is 234 g/mol. The number of hydrogen-bond acceptors (Lipinski definition) is 2. The smallest absolute Gasteiger partial charge is 0.193 e. The molecule has 0 fully saturated rings. The fraction of sp³-hybridized carbons (Fsp3) is 0.286. The van der Waals surface area contributed by atoms with Gasteiger partial charge in [0.1, 0.15) is 5.76 Å². The first-order valence-electron chi connectivity index (χ1n) is 5.69. The second kappa shape index (κ2) is 5.39. The lowest BCUT2D eigenvalue weighted by molar-refractivity contribution is 0.461. The fourth-order valence-corrected chi connectivity index (χ4v) is 1.92. The summed E-state index contributed by atoms with van der Waals surface area (Å²) in [5.74, 6) is 0.856. The summed E-state index contributed by atoms with van der Waals surface area (Å²) in [5, 5.41) is 3.84. The van der Waals surface area contributed by atoms with Crippen LogP contribution in [0.1, 0.15) is 29.9 Å². The second-order valence-corrected chi connectivity index (χ2v) is 4.60. The zero-order chi connectivity index (χ0) is 12.3. The van der Waals surface area contributed by atoms with Crippen LogP contribution >= 0.6 is 11.6 Å². The number of nitrogens with one attached hydrogen (secondary N) is 1. The molecule has 1 N–H and O–H groups in total. The molecule has 2 aromatic rings. The zero-order valence-electron chi connectivity index (χ0n) is 10.0. The van der Waals surface area contributed by atoms with E-state index in [1.54, 1.807) is 6.07 Å². The number of benzene rings is 1. The molecule has 1 aromatic heterocycles. The van der Waals surface area contributed by atoms with Gasteiger partial charge in [0.2, 0.25) is 0 Å². The predicted molar refractivity (Wildman–Crippen MR) is 70.2 cm³/mol. The molecule has 3 heteroatoms. The Balaban J connectivity index is 1.95. The summed E-state index contributed by atoms with van der Waals surface area (Å²) in [6, 6.07) is 12.4. The fourth-order valence-electron chi connectivity index (χ4n) is 1.76. The maximum absolute atomic E-state index is 5.72. The van der Waals surface area contributed by atoms with E-state index in [2.05, 4.69) is 43.4 Å². The quantitative estimate of drug-likeness (QED) is 0.883. The van der Waals surface area contributed by atoms with Crippen molar-refractivity contribution < 1.29 is 4.42 Å². The van der Waals surface area contributed by atoms with E-state index in [4.69, 9.17) is 16.0 Å². The van der Waals surface area contributed by atoms with Crippen LogP contribution in [0.25, 0.3) is 0 Å². The van der Waals surface area contributed by atoms with Crippen molar-refractivity contribution >= 4 is 11.6 Å². The van der Waals surface area contributed by atoms with E-state index in [-0.39, 0.29) is 0 Å². The molecule has 1 heterocycles. The van der Waals surface area contributed by atoms with Gasteiger partial charge in [-0.15, -0.1) is 0 Å². The van der Waals surface area contributed by atoms with E-state index in [9.17, 15) is 0 Å². The van der Waals surface area contributed by atoms with Gasteiger partial charge < -0.3 is 9.73 Å². The number of hydrogen-bond donors (Lipinski definition) is 1. The average Bonchev–Trinajstić information content (AvgIpc) is 2.72. The van der Waals surface area contributed by atoms with Crippen LogP contribution < -0.4 is 5.32 Å². The number of furan rings is 1. The molecule has 0 saturated carbocycles. The topological polar surface area (TPSA) is 25.2 Å². The van der Waals surface area contributed by atoms with Gasteiger partial charge in [0, 0.05) is 6.04 Å². The van der Waals surface area contributed by atoms with E-state index >= 15 is 0 Å². The number of rotatable bonds is 4. The van der Waals surface area contributed by atoms with Crippen LogP contribution in [0.5, 0.6) is 0 Å². The van der Waals surface area contributed by atoms with Gasteiger partial charge in [0.15, 0.2) is 5.22 Å². The minimum Gasteiger partial charge on any atom is -0.448 e. The third-order valence-corrected chi connectivity index (χ3v) is 2.96. The summed E-state index contributed by atoms with van der Waals surface area (Å²) in [4.78, 5) is 0. The molecule has 0 bridgehead atoms. The highest BCUT2D eigenvalue weighted by molar-refractivity contribution is 6.28. The minimum absolute atomic E-state index is 0.291. The predicted octanol–water partition coefficient (Wildman–Crippen LogP) is 4.09. The summed E-state index contributed by atoms with van der Waals surface area (Å²) in [7, 11) is 0. The second-order valence-electron chi connectivity index (χ2n) is 4.22. The number of halogens is 1. The lowest BCUT2D eigenvalue weighted by atomic mass is 10.1. The molecule has 0 aliphatic heterocycles. The highest BCUT2D eigenvalue weighted by Gasteiger charge is 2.06. The largest absolute Gasteiger partial charge is 0.448 e. The van der Waals surface area contributed by atoms with Crippen molar-refractivity contribution in [3.63, 3.8) is 0 Å². The molecule has 0 aliphatic rings. The van der Waals surface area contributed by atoms with E-state index in [0.717, 1.165) is 5.76 Å². The van der Waals surface area contributed by atoms with E-state index in [1.165, 1.54) is 11.1 Å². The Bertz CT molecular complexity index is 492. The Hall–Kier alpha value is -1.25. The Morgan fingerprint density at radius 2 is 2.12 bits per heavy atom. The van der Waals surface area contributed by atoms with Gasteiger partial charge in [-0.2, -0.15) is 0 Å². The van der Waals surface area contributed by atoms with Gasteiger partial charge in [0.05, 0.1) is 6.54 Å². The van der Waals surface area contributed by atoms with Crippen molar-refractivity contribution in [2.24, 2.45) is 0 Å². The van der Waals surface area contributed by atoms with Crippen LogP contribution in [-0.4, -0.2) is 0 Å². The molecule has 90 valence electrons. The van der Waals surface area contributed by atoms with Gasteiger partial charge >= 0.3 is 0 Å². The lowest BCUT2D eigenvalue weighted by Gasteiger charge is -2.13. The zero-order valence-corrected chi connectivity index (χ0v) is 10.8. The average molecular weight is 250 g/mol.